The molecule has 2 nitrogen and oxygen atoms in total. The van der Waals surface area contributed by atoms with Crippen molar-refractivity contribution >= 4 is 23.2 Å². The maximum absolute atomic E-state index is 13.1. The highest BCUT2D eigenvalue weighted by molar-refractivity contribution is 6.37. The first-order chi connectivity index (χ1) is 6.54. The predicted octanol–water partition coefficient (Wildman–Crippen LogP) is 3.01. The third kappa shape index (κ3) is 1.39. The Kier molecular flexibility index (Phi) is 2.90. The lowest BCUT2D eigenvalue weighted by Crippen LogP contribution is -1.96. The van der Waals surface area contributed by atoms with E-state index < -0.39 is 32.8 Å². The summed E-state index contributed by atoms with van der Waals surface area (Å²) in [5.41, 5.74) is -1.40. The molecule has 0 atom stereocenters. The van der Waals surface area contributed by atoms with Gasteiger partial charge in [0.2, 0.25) is 0 Å². The van der Waals surface area contributed by atoms with Gasteiger partial charge in [-0.15, -0.1) is 0 Å². The van der Waals surface area contributed by atoms with Crippen LogP contribution in [-0.4, -0.2) is 0 Å². The standard InChI is InChI=1S/C8Cl2F2N2/c9-5-3(1-13)6(10)8(12)4(2-14)7(5)11. The fourth-order valence-electron chi connectivity index (χ4n) is 0.828. The van der Waals surface area contributed by atoms with Gasteiger partial charge in [-0.2, -0.15) is 10.5 Å². The SMILES string of the molecule is N#Cc1c(F)c(Cl)c(C#N)c(Cl)c1F. The molecule has 1 aromatic carbocycles. The van der Waals surface area contributed by atoms with E-state index in [4.69, 9.17) is 33.7 Å². The zero-order valence-corrected chi connectivity index (χ0v) is 7.92. The highest BCUT2D eigenvalue weighted by Crippen LogP contribution is 2.32. The van der Waals surface area contributed by atoms with E-state index >= 15 is 0 Å². The second-order valence-corrected chi connectivity index (χ2v) is 2.99. The average Bonchev–Trinajstić information content (AvgIpc) is 2.17. The van der Waals surface area contributed by atoms with Gasteiger partial charge in [-0.25, -0.2) is 8.78 Å². The summed E-state index contributed by atoms with van der Waals surface area (Å²) in [5, 5.41) is 15.6. The molecule has 0 N–H and O–H groups in total. The molecule has 0 unspecified atom stereocenters. The van der Waals surface area contributed by atoms with Crippen molar-refractivity contribution in [1.29, 1.82) is 10.5 Å². The quantitative estimate of drug-likeness (QED) is 0.646. The molecule has 0 aliphatic carbocycles. The summed E-state index contributed by atoms with van der Waals surface area (Å²) in [6, 6.07) is 2.71. The number of benzene rings is 1. The van der Waals surface area contributed by atoms with E-state index in [1.54, 1.807) is 0 Å². The highest BCUT2D eigenvalue weighted by atomic mass is 35.5. The van der Waals surface area contributed by atoms with Gasteiger partial charge in [0.15, 0.2) is 11.6 Å². The Labute approximate surface area is 87.9 Å². The molecular formula is C8Cl2F2N2. The van der Waals surface area contributed by atoms with E-state index in [-0.39, 0.29) is 0 Å². The summed E-state index contributed by atoms with van der Waals surface area (Å²) in [5.74, 6) is -2.54. The Balaban J connectivity index is 3.77. The number of halogens is 4. The van der Waals surface area contributed by atoms with Gasteiger partial charge in [-0.1, -0.05) is 23.2 Å². The number of hydrogen-bond acceptors (Lipinski definition) is 2. The van der Waals surface area contributed by atoms with Crippen LogP contribution in [0.5, 0.6) is 0 Å². The van der Waals surface area contributed by atoms with Crippen molar-refractivity contribution < 1.29 is 8.78 Å². The van der Waals surface area contributed by atoms with Crippen LogP contribution in [0.3, 0.4) is 0 Å². The van der Waals surface area contributed by atoms with Crippen molar-refractivity contribution in [2.45, 2.75) is 0 Å². The maximum atomic E-state index is 13.1. The van der Waals surface area contributed by atoms with E-state index in [0.717, 1.165) is 0 Å². The van der Waals surface area contributed by atoms with Gasteiger partial charge in [-0.05, 0) is 0 Å². The van der Waals surface area contributed by atoms with Crippen LogP contribution < -0.4 is 0 Å². The van der Waals surface area contributed by atoms with Crippen molar-refractivity contribution in [3.05, 3.63) is 32.8 Å². The second-order valence-electron chi connectivity index (χ2n) is 2.23. The fourth-order valence-corrected chi connectivity index (χ4v) is 1.34. The van der Waals surface area contributed by atoms with Crippen LogP contribution in [0.15, 0.2) is 0 Å². The molecular weight excluding hydrogens is 233 g/mol. The van der Waals surface area contributed by atoms with Gasteiger partial charge in [0.1, 0.15) is 17.7 Å². The van der Waals surface area contributed by atoms with Crippen LogP contribution in [0.25, 0.3) is 0 Å². The summed E-state index contributed by atoms with van der Waals surface area (Å²) in [7, 11) is 0. The largest absolute Gasteiger partial charge is 0.204 e. The minimum Gasteiger partial charge on any atom is -0.204 e. The van der Waals surface area contributed by atoms with Crippen molar-refractivity contribution in [2.24, 2.45) is 0 Å². The van der Waals surface area contributed by atoms with Gasteiger partial charge >= 0.3 is 0 Å². The molecule has 1 rings (SSSR count). The summed E-state index contributed by atoms with van der Waals surface area (Å²) >= 11 is 10.7. The summed E-state index contributed by atoms with van der Waals surface area (Å²) in [4.78, 5) is 0. The molecule has 6 heteroatoms. The molecule has 0 saturated heterocycles. The van der Waals surface area contributed by atoms with Crippen LogP contribution in [-0.2, 0) is 0 Å². The molecule has 0 aliphatic rings. The number of nitriles is 2. The van der Waals surface area contributed by atoms with E-state index in [0.29, 0.717) is 0 Å². The summed E-state index contributed by atoms with van der Waals surface area (Å²) in [6.07, 6.45) is 0. The molecule has 0 spiro atoms. The number of rotatable bonds is 0. The predicted molar refractivity (Wildman–Crippen MR) is 45.8 cm³/mol. The van der Waals surface area contributed by atoms with Gasteiger partial charge in [0.05, 0.1) is 15.6 Å². The Hall–Kier alpha value is -1.36. The van der Waals surface area contributed by atoms with E-state index in [9.17, 15) is 8.78 Å². The Morgan fingerprint density at radius 1 is 0.857 bits per heavy atom. The Morgan fingerprint density at radius 3 is 1.50 bits per heavy atom. The van der Waals surface area contributed by atoms with Crippen molar-refractivity contribution in [3.63, 3.8) is 0 Å². The van der Waals surface area contributed by atoms with Gasteiger partial charge in [0.25, 0.3) is 0 Å². The molecule has 0 radical (unpaired) electrons. The van der Waals surface area contributed by atoms with Crippen LogP contribution in [0.4, 0.5) is 8.78 Å². The summed E-state index contributed by atoms with van der Waals surface area (Å²) < 4.78 is 26.2. The lowest BCUT2D eigenvalue weighted by molar-refractivity contribution is 0.576. The molecule has 0 amide bonds. The summed E-state index contributed by atoms with van der Waals surface area (Å²) in [6.45, 7) is 0. The first-order valence-corrected chi connectivity index (χ1v) is 3.96. The third-order valence-electron chi connectivity index (χ3n) is 1.49. The second kappa shape index (κ2) is 3.79. The van der Waals surface area contributed by atoms with Gasteiger partial charge in [-0.3, -0.25) is 0 Å². The lowest BCUT2D eigenvalue weighted by Gasteiger charge is -2.03. The van der Waals surface area contributed by atoms with E-state index in [1.165, 1.54) is 12.1 Å². The zero-order valence-electron chi connectivity index (χ0n) is 6.41. The number of hydrogen-bond donors (Lipinski definition) is 0. The minimum absolute atomic E-state index is 0.512. The first-order valence-electron chi connectivity index (χ1n) is 3.20. The van der Waals surface area contributed by atoms with Crippen LogP contribution in [0.2, 0.25) is 10.0 Å². The van der Waals surface area contributed by atoms with E-state index in [1.807, 2.05) is 0 Å². The van der Waals surface area contributed by atoms with E-state index in [2.05, 4.69) is 0 Å². The van der Waals surface area contributed by atoms with Crippen LogP contribution in [0.1, 0.15) is 11.1 Å². The average molecular weight is 233 g/mol. The molecule has 0 fully saturated rings. The number of nitrogens with zero attached hydrogens (tertiary/aromatic N) is 2. The maximum Gasteiger partial charge on any atom is 0.163 e. The third-order valence-corrected chi connectivity index (χ3v) is 2.20. The topological polar surface area (TPSA) is 47.6 Å². The molecule has 0 heterocycles. The highest BCUT2D eigenvalue weighted by Gasteiger charge is 2.22. The molecule has 1 aromatic rings. The Bertz CT molecular complexity index is 412. The minimum atomic E-state index is -1.27. The fraction of sp³-hybridized carbons (Fsp3) is 0. The smallest absolute Gasteiger partial charge is 0.163 e. The van der Waals surface area contributed by atoms with Crippen molar-refractivity contribution in [2.75, 3.05) is 0 Å². The first kappa shape index (κ1) is 10.7. The zero-order chi connectivity index (χ0) is 10.9. The van der Waals surface area contributed by atoms with Gasteiger partial charge < -0.3 is 0 Å². The molecule has 14 heavy (non-hydrogen) atoms. The van der Waals surface area contributed by atoms with Gasteiger partial charge in [0, 0.05) is 0 Å². The molecule has 0 aliphatic heterocycles. The molecule has 0 bridgehead atoms. The normalized spacial score (nSPS) is 9.29. The van der Waals surface area contributed by atoms with Crippen molar-refractivity contribution in [1.82, 2.24) is 0 Å². The molecule has 0 saturated carbocycles. The van der Waals surface area contributed by atoms with Crippen LogP contribution >= 0.6 is 23.2 Å². The lowest BCUT2D eigenvalue weighted by atomic mass is 10.1. The monoisotopic (exact) mass is 232 g/mol. The Morgan fingerprint density at radius 2 is 1.21 bits per heavy atom. The molecule has 70 valence electrons. The van der Waals surface area contributed by atoms with Crippen molar-refractivity contribution in [3.8, 4) is 12.1 Å². The van der Waals surface area contributed by atoms with Crippen LogP contribution in [0, 0.1) is 34.3 Å². The molecule has 0 aromatic heterocycles.